The van der Waals surface area contributed by atoms with Gasteiger partial charge in [-0.25, -0.2) is 9.59 Å². The fourth-order valence-electron chi connectivity index (χ4n) is 1.63. The van der Waals surface area contributed by atoms with E-state index in [0.717, 1.165) is 5.56 Å². The average molecular weight is 291 g/mol. The highest BCUT2D eigenvalue weighted by molar-refractivity contribution is 7.10. The number of hydrogen-bond donors (Lipinski definition) is 3. The van der Waals surface area contributed by atoms with Crippen LogP contribution in [0.4, 0.5) is 10.5 Å². The normalized spacial score (nSPS) is 11.7. The topological polar surface area (TPSA) is 91.3 Å². The second-order valence-electron chi connectivity index (χ2n) is 4.14. The fourth-order valence-corrected chi connectivity index (χ4v) is 2.40. The first-order chi connectivity index (χ1) is 9.56. The number of carbonyl (C=O) groups excluding carboxylic acids is 1. The number of aryl methyl sites for hydroxylation is 1. The van der Waals surface area contributed by atoms with Crippen LogP contribution in [-0.4, -0.2) is 22.1 Å². The minimum absolute atomic E-state index is 0.512. The Labute approximate surface area is 119 Å². The van der Waals surface area contributed by atoms with Crippen molar-refractivity contribution in [3.63, 3.8) is 0 Å². The number of carboxylic acid groups (broad SMARTS) is 1. The molecule has 2 rings (SSSR count). The number of thiophene rings is 1. The Kier molecular flexibility index (Phi) is 4.31. The molecule has 2 heterocycles. The lowest BCUT2D eigenvalue weighted by molar-refractivity contribution is -0.139. The van der Waals surface area contributed by atoms with Gasteiger partial charge in [-0.05, 0) is 30.0 Å². The summed E-state index contributed by atoms with van der Waals surface area (Å²) in [6.07, 6.45) is 3.16. The quantitative estimate of drug-likeness (QED) is 0.806. The largest absolute Gasteiger partial charge is 0.479 e. The van der Waals surface area contributed by atoms with E-state index >= 15 is 0 Å². The number of nitrogens with zero attached hydrogens (tertiary/aromatic N) is 1. The number of rotatable bonds is 4. The maximum atomic E-state index is 11.8. The Hall–Kier alpha value is -2.41. The molecule has 0 radical (unpaired) electrons. The van der Waals surface area contributed by atoms with Crippen molar-refractivity contribution in [3.8, 4) is 0 Å². The first-order valence-electron chi connectivity index (χ1n) is 5.81. The molecule has 0 bridgehead atoms. The summed E-state index contributed by atoms with van der Waals surface area (Å²) < 4.78 is 0. The molecular formula is C13H13N3O3S. The molecule has 0 aliphatic carbocycles. The van der Waals surface area contributed by atoms with Gasteiger partial charge in [-0.1, -0.05) is 6.07 Å². The molecule has 1 unspecified atom stereocenters. The lowest BCUT2D eigenvalue weighted by atomic mass is 10.2. The predicted molar refractivity (Wildman–Crippen MR) is 75.8 cm³/mol. The standard InChI is InChI=1S/C13H13N3O3S/c1-8-5-9(7-14-6-8)15-13(19)16-11(12(17)18)10-3-2-4-20-10/h2-7,11H,1H3,(H,17,18)(H2,15,16,19). The first-order valence-corrected chi connectivity index (χ1v) is 6.69. The van der Waals surface area contributed by atoms with Gasteiger partial charge in [0.1, 0.15) is 0 Å². The number of hydrogen-bond acceptors (Lipinski definition) is 4. The molecule has 7 heteroatoms. The minimum Gasteiger partial charge on any atom is -0.479 e. The Balaban J connectivity index is 2.04. The van der Waals surface area contributed by atoms with Gasteiger partial charge in [0.15, 0.2) is 6.04 Å². The van der Waals surface area contributed by atoms with Crippen LogP contribution < -0.4 is 10.6 Å². The second-order valence-corrected chi connectivity index (χ2v) is 5.12. The molecule has 6 nitrogen and oxygen atoms in total. The van der Waals surface area contributed by atoms with Gasteiger partial charge in [-0.15, -0.1) is 11.3 Å². The number of aromatic nitrogens is 1. The number of pyridine rings is 1. The zero-order chi connectivity index (χ0) is 14.5. The summed E-state index contributed by atoms with van der Waals surface area (Å²) in [4.78, 5) is 27.5. The van der Waals surface area contributed by atoms with Crippen LogP contribution in [0.1, 0.15) is 16.5 Å². The van der Waals surface area contributed by atoms with E-state index in [4.69, 9.17) is 5.11 Å². The van der Waals surface area contributed by atoms with E-state index in [-0.39, 0.29) is 0 Å². The lowest BCUT2D eigenvalue weighted by Gasteiger charge is -2.13. The van der Waals surface area contributed by atoms with Crippen LogP contribution >= 0.6 is 11.3 Å². The van der Waals surface area contributed by atoms with E-state index in [2.05, 4.69) is 15.6 Å². The second kappa shape index (κ2) is 6.16. The molecule has 2 amide bonds. The van der Waals surface area contributed by atoms with Crippen LogP contribution in [0.5, 0.6) is 0 Å². The van der Waals surface area contributed by atoms with E-state index in [1.807, 2.05) is 6.92 Å². The smallest absolute Gasteiger partial charge is 0.331 e. The molecule has 0 aromatic carbocycles. The minimum atomic E-state index is -1.11. The molecule has 0 spiro atoms. The maximum absolute atomic E-state index is 11.8. The molecular weight excluding hydrogens is 278 g/mol. The highest BCUT2D eigenvalue weighted by atomic mass is 32.1. The number of carbonyl (C=O) groups is 2. The molecule has 1 atom stereocenters. The van der Waals surface area contributed by atoms with Crippen molar-refractivity contribution in [1.82, 2.24) is 10.3 Å². The SMILES string of the molecule is Cc1cncc(NC(=O)NC(C(=O)O)c2cccs2)c1. The molecule has 104 valence electrons. The van der Waals surface area contributed by atoms with Crippen LogP contribution in [0.3, 0.4) is 0 Å². The summed E-state index contributed by atoms with van der Waals surface area (Å²) in [5, 5.41) is 15.9. The highest BCUT2D eigenvalue weighted by Gasteiger charge is 2.22. The van der Waals surface area contributed by atoms with E-state index in [1.165, 1.54) is 17.5 Å². The Bertz CT molecular complexity index is 613. The zero-order valence-electron chi connectivity index (χ0n) is 10.7. The monoisotopic (exact) mass is 291 g/mol. The van der Waals surface area contributed by atoms with Crippen molar-refractivity contribution in [3.05, 3.63) is 46.4 Å². The summed E-state index contributed by atoms with van der Waals surface area (Å²) in [7, 11) is 0. The molecule has 0 aliphatic heterocycles. The van der Waals surface area contributed by atoms with Crippen LogP contribution in [0.2, 0.25) is 0 Å². The number of aliphatic carboxylic acids is 1. The molecule has 2 aromatic heterocycles. The van der Waals surface area contributed by atoms with Crippen LogP contribution in [0.15, 0.2) is 36.0 Å². The summed E-state index contributed by atoms with van der Waals surface area (Å²) in [6, 6.07) is 3.50. The number of carboxylic acids is 1. The van der Waals surface area contributed by atoms with Gasteiger partial charge in [-0.2, -0.15) is 0 Å². The number of nitrogens with one attached hydrogen (secondary N) is 2. The molecule has 0 fully saturated rings. The molecule has 0 aliphatic rings. The molecule has 0 saturated carbocycles. The van der Waals surface area contributed by atoms with Crippen LogP contribution in [0.25, 0.3) is 0 Å². The third kappa shape index (κ3) is 3.55. The third-order valence-electron chi connectivity index (χ3n) is 2.48. The highest BCUT2D eigenvalue weighted by Crippen LogP contribution is 2.19. The van der Waals surface area contributed by atoms with E-state index in [0.29, 0.717) is 10.6 Å². The first kappa shape index (κ1) is 14.0. The number of amides is 2. The Morgan fingerprint density at radius 1 is 1.40 bits per heavy atom. The predicted octanol–water partition coefficient (Wildman–Crippen LogP) is 2.40. The number of anilines is 1. The zero-order valence-corrected chi connectivity index (χ0v) is 11.5. The van der Waals surface area contributed by atoms with Gasteiger partial charge in [0.2, 0.25) is 0 Å². The van der Waals surface area contributed by atoms with Crippen molar-refractivity contribution >= 4 is 29.0 Å². The van der Waals surface area contributed by atoms with Crippen molar-refractivity contribution in [1.29, 1.82) is 0 Å². The summed E-state index contributed by atoms with van der Waals surface area (Å²) >= 11 is 1.27. The lowest BCUT2D eigenvalue weighted by Crippen LogP contribution is -2.36. The van der Waals surface area contributed by atoms with Gasteiger partial charge >= 0.3 is 12.0 Å². The van der Waals surface area contributed by atoms with Crippen molar-refractivity contribution in [2.24, 2.45) is 0 Å². The molecule has 3 N–H and O–H groups in total. The number of urea groups is 1. The van der Waals surface area contributed by atoms with Crippen LogP contribution in [-0.2, 0) is 4.79 Å². The van der Waals surface area contributed by atoms with Gasteiger partial charge < -0.3 is 15.7 Å². The van der Waals surface area contributed by atoms with E-state index in [1.54, 1.807) is 29.8 Å². The summed E-state index contributed by atoms with van der Waals surface area (Å²) in [6.45, 7) is 1.85. The molecule has 20 heavy (non-hydrogen) atoms. The van der Waals surface area contributed by atoms with E-state index < -0.39 is 18.0 Å². The van der Waals surface area contributed by atoms with Crippen molar-refractivity contribution in [2.75, 3.05) is 5.32 Å². The van der Waals surface area contributed by atoms with Gasteiger partial charge in [0, 0.05) is 11.1 Å². The summed E-state index contributed by atoms with van der Waals surface area (Å²) in [5.74, 6) is -1.11. The maximum Gasteiger partial charge on any atom is 0.331 e. The summed E-state index contributed by atoms with van der Waals surface area (Å²) in [5.41, 5.74) is 1.41. The average Bonchev–Trinajstić information content (AvgIpc) is 2.89. The Morgan fingerprint density at radius 3 is 2.80 bits per heavy atom. The van der Waals surface area contributed by atoms with Gasteiger partial charge in [-0.3, -0.25) is 4.98 Å². The molecule has 2 aromatic rings. The third-order valence-corrected chi connectivity index (χ3v) is 3.42. The van der Waals surface area contributed by atoms with Gasteiger partial charge in [0.25, 0.3) is 0 Å². The molecule has 0 saturated heterocycles. The fraction of sp³-hybridized carbons (Fsp3) is 0.154. The Morgan fingerprint density at radius 2 is 2.20 bits per heavy atom. The van der Waals surface area contributed by atoms with Crippen LogP contribution in [0, 0.1) is 6.92 Å². The van der Waals surface area contributed by atoms with Crippen molar-refractivity contribution < 1.29 is 14.7 Å². The van der Waals surface area contributed by atoms with E-state index in [9.17, 15) is 9.59 Å². The van der Waals surface area contributed by atoms with Crippen molar-refractivity contribution in [2.45, 2.75) is 13.0 Å². The van der Waals surface area contributed by atoms with Gasteiger partial charge in [0.05, 0.1) is 11.9 Å².